The van der Waals surface area contributed by atoms with Gasteiger partial charge < -0.3 is 5.32 Å². The molecule has 102 valence electrons. The van der Waals surface area contributed by atoms with E-state index in [0.29, 0.717) is 0 Å². The van der Waals surface area contributed by atoms with E-state index in [1.54, 1.807) is 35.5 Å². The summed E-state index contributed by atoms with van der Waals surface area (Å²) in [5.41, 5.74) is 2.61. The smallest absolute Gasteiger partial charge is 0.141 e. The van der Waals surface area contributed by atoms with Crippen molar-refractivity contribution in [1.82, 2.24) is 24.9 Å². The predicted octanol–water partition coefficient (Wildman–Crippen LogP) is 1.96. The van der Waals surface area contributed by atoms with Gasteiger partial charge in [-0.25, -0.2) is 8.91 Å². The minimum absolute atomic E-state index is 0.162. The Morgan fingerprint density at radius 2 is 2.15 bits per heavy atom. The molecule has 0 aromatic carbocycles. The molecule has 0 aliphatic heterocycles. The van der Waals surface area contributed by atoms with Crippen molar-refractivity contribution in [1.29, 1.82) is 0 Å². The van der Waals surface area contributed by atoms with Gasteiger partial charge in [0.05, 0.1) is 30.1 Å². The van der Waals surface area contributed by atoms with E-state index in [1.807, 2.05) is 6.92 Å². The highest BCUT2D eigenvalue weighted by molar-refractivity contribution is 5.55. The number of nitrogens with zero attached hydrogens (tertiary/aromatic N) is 4. The van der Waals surface area contributed by atoms with Crippen LogP contribution in [0.3, 0.4) is 0 Å². The molecule has 0 fully saturated rings. The molecule has 3 aromatic rings. The minimum atomic E-state index is -0.347. The summed E-state index contributed by atoms with van der Waals surface area (Å²) in [6, 6.07) is 1.32. The molecule has 0 radical (unpaired) electrons. The first-order valence-corrected chi connectivity index (χ1v) is 6.40. The molecule has 3 aromatic heterocycles. The van der Waals surface area contributed by atoms with Gasteiger partial charge in [-0.2, -0.15) is 5.10 Å². The van der Waals surface area contributed by atoms with Crippen LogP contribution in [-0.4, -0.2) is 26.1 Å². The molecule has 5 nitrogen and oxygen atoms in total. The van der Waals surface area contributed by atoms with Crippen LogP contribution in [0, 0.1) is 5.82 Å². The third-order valence-electron chi connectivity index (χ3n) is 3.13. The Kier molecular flexibility index (Phi) is 3.39. The Balaban J connectivity index is 2.11. The fraction of sp³-hybridized carbons (Fsp3) is 0.214. The average molecular weight is 271 g/mol. The van der Waals surface area contributed by atoms with Crippen LogP contribution >= 0.6 is 0 Å². The summed E-state index contributed by atoms with van der Waals surface area (Å²) in [6.07, 6.45) is 9.84. The van der Waals surface area contributed by atoms with Crippen molar-refractivity contribution in [3.8, 4) is 0 Å². The summed E-state index contributed by atoms with van der Waals surface area (Å²) in [4.78, 5) is 8.04. The number of hydrogen-bond donors (Lipinski definition) is 1. The highest BCUT2D eigenvalue weighted by Crippen LogP contribution is 2.25. The number of halogens is 1. The summed E-state index contributed by atoms with van der Waals surface area (Å²) >= 11 is 0. The van der Waals surface area contributed by atoms with E-state index < -0.39 is 0 Å². The van der Waals surface area contributed by atoms with E-state index in [-0.39, 0.29) is 11.9 Å². The molecule has 0 amide bonds. The number of nitrogens with one attached hydrogen (secondary N) is 1. The van der Waals surface area contributed by atoms with Crippen LogP contribution in [0.15, 0.2) is 43.2 Å². The van der Waals surface area contributed by atoms with Crippen LogP contribution in [0.4, 0.5) is 4.39 Å². The lowest BCUT2D eigenvalue weighted by atomic mass is 10.0. The quantitative estimate of drug-likeness (QED) is 0.788. The van der Waals surface area contributed by atoms with Crippen molar-refractivity contribution in [2.45, 2.75) is 13.0 Å². The first-order chi connectivity index (χ1) is 9.79. The monoisotopic (exact) mass is 271 g/mol. The average Bonchev–Trinajstić information content (AvgIpc) is 2.88. The third kappa shape index (κ3) is 2.25. The van der Waals surface area contributed by atoms with E-state index in [2.05, 4.69) is 20.4 Å². The molecule has 1 N–H and O–H groups in total. The molecular formula is C14H14FN5. The molecule has 6 heteroatoms. The summed E-state index contributed by atoms with van der Waals surface area (Å²) in [6.45, 7) is 2.75. The summed E-state index contributed by atoms with van der Waals surface area (Å²) in [5, 5.41) is 7.63. The second-order valence-corrected chi connectivity index (χ2v) is 4.43. The van der Waals surface area contributed by atoms with Crippen molar-refractivity contribution in [3.05, 3.63) is 60.2 Å². The standard InChI is InChI=1S/C14H14FN5/c1-2-18-14(10-5-11(15)7-17-6-10)12-8-19-20-4-3-16-9-13(12)20/h3-9,14,18H,2H2,1H3. The zero-order valence-corrected chi connectivity index (χ0v) is 11.0. The SMILES string of the molecule is CCNC(c1cncc(F)c1)c1cnn2ccncc12. The number of hydrogen-bond acceptors (Lipinski definition) is 4. The van der Waals surface area contributed by atoms with Gasteiger partial charge in [-0.1, -0.05) is 6.92 Å². The number of fused-ring (bicyclic) bond motifs is 1. The number of pyridine rings is 1. The van der Waals surface area contributed by atoms with Gasteiger partial charge in [-0.05, 0) is 18.2 Å². The summed E-state index contributed by atoms with van der Waals surface area (Å²) in [5.74, 6) is -0.347. The van der Waals surface area contributed by atoms with Crippen molar-refractivity contribution in [3.63, 3.8) is 0 Å². The van der Waals surface area contributed by atoms with Gasteiger partial charge in [0.15, 0.2) is 0 Å². The number of aromatic nitrogens is 4. The maximum absolute atomic E-state index is 13.4. The van der Waals surface area contributed by atoms with Gasteiger partial charge in [0.1, 0.15) is 5.82 Å². The topological polar surface area (TPSA) is 55.1 Å². The second kappa shape index (κ2) is 5.34. The molecule has 0 aliphatic carbocycles. The van der Waals surface area contributed by atoms with Crippen LogP contribution in [0.2, 0.25) is 0 Å². The molecule has 0 aliphatic rings. The van der Waals surface area contributed by atoms with Crippen LogP contribution in [0.1, 0.15) is 24.1 Å². The Labute approximate surface area is 115 Å². The molecule has 1 unspecified atom stereocenters. The van der Waals surface area contributed by atoms with Crippen LogP contribution in [-0.2, 0) is 0 Å². The fourth-order valence-corrected chi connectivity index (χ4v) is 2.27. The van der Waals surface area contributed by atoms with Crippen molar-refractivity contribution < 1.29 is 4.39 Å². The summed E-state index contributed by atoms with van der Waals surface area (Å²) in [7, 11) is 0. The maximum Gasteiger partial charge on any atom is 0.141 e. The van der Waals surface area contributed by atoms with E-state index in [9.17, 15) is 4.39 Å². The largest absolute Gasteiger partial charge is 0.306 e. The minimum Gasteiger partial charge on any atom is -0.306 e. The molecule has 0 saturated heterocycles. The van der Waals surface area contributed by atoms with E-state index in [0.717, 1.165) is 23.2 Å². The zero-order chi connectivity index (χ0) is 13.9. The highest BCUT2D eigenvalue weighted by Gasteiger charge is 2.18. The molecular weight excluding hydrogens is 257 g/mol. The molecule has 0 spiro atoms. The molecule has 1 atom stereocenters. The molecule has 0 bridgehead atoms. The van der Waals surface area contributed by atoms with Gasteiger partial charge >= 0.3 is 0 Å². The maximum atomic E-state index is 13.4. The van der Waals surface area contributed by atoms with Gasteiger partial charge in [0.2, 0.25) is 0 Å². The van der Waals surface area contributed by atoms with Crippen LogP contribution < -0.4 is 5.32 Å². The third-order valence-corrected chi connectivity index (χ3v) is 3.13. The van der Waals surface area contributed by atoms with Crippen molar-refractivity contribution in [2.75, 3.05) is 6.54 Å². The van der Waals surface area contributed by atoms with E-state index >= 15 is 0 Å². The first-order valence-electron chi connectivity index (χ1n) is 6.40. The van der Waals surface area contributed by atoms with Crippen LogP contribution in [0.5, 0.6) is 0 Å². The Morgan fingerprint density at radius 1 is 1.25 bits per heavy atom. The first kappa shape index (κ1) is 12.7. The van der Waals surface area contributed by atoms with Crippen molar-refractivity contribution >= 4 is 5.52 Å². The van der Waals surface area contributed by atoms with Gasteiger partial charge in [-0.15, -0.1) is 0 Å². The van der Waals surface area contributed by atoms with Gasteiger partial charge in [0, 0.05) is 24.2 Å². The van der Waals surface area contributed by atoms with Crippen molar-refractivity contribution in [2.24, 2.45) is 0 Å². The molecule has 3 rings (SSSR count). The lowest BCUT2D eigenvalue weighted by molar-refractivity contribution is 0.597. The lowest BCUT2D eigenvalue weighted by Gasteiger charge is -2.17. The molecule has 20 heavy (non-hydrogen) atoms. The Hall–Kier alpha value is -2.34. The second-order valence-electron chi connectivity index (χ2n) is 4.43. The van der Waals surface area contributed by atoms with Gasteiger partial charge in [0.25, 0.3) is 0 Å². The predicted molar refractivity (Wildman–Crippen MR) is 72.7 cm³/mol. The molecule has 3 heterocycles. The van der Waals surface area contributed by atoms with E-state index in [1.165, 1.54) is 12.3 Å². The molecule has 0 saturated carbocycles. The van der Waals surface area contributed by atoms with Gasteiger partial charge in [-0.3, -0.25) is 9.97 Å². The Morgan fingerprint density at radius 3 is 2.95 bits per heavy atom. The summed E-state index contributed by atoms with van der Waals surface area (Å²) < 4.78 is 15.1. The lowest BCUT2D eigenvalue weighted by Crippen LogP contribution is -2.22. The highest BCUT2D eigenvalue weighted by atomic mass is 19.1. The zero-order valence-electron chi connectivity index (χ0n) is 11.0. The fourth-order valence-electron chi connectivity index (χ4n) is 2.27. The Bertz CT molecular complexity index is 724. The van der Waals surface area contributed by atoms with Crippen LogP contribution in [0.25, 0.3) is 5.52 Å². The van der Waals surface area contributed by atoms with E-state index in [4.69, 9.17) is 0 Å². The normalized spacial score (nSPS) is 12.7. The number of rotatable bonds is 4.